The maximum absolute atomic E-state index is 13.6. The minimum absolute atomic E-state index is 0.00964. The van der Waals surface area contributed by atoms with Crippen LogP contribution in [0.3, 0.4) is 0 Å². The summed E-state index contributed by atoms with van der Waals surface area (Å²) in [7, 11) is 0. The molecule has 0 spiro atoms. The van der Waals surface area contributed by atoms with Gasteiger partial charge in [0.2, 0.25) is 0 Å². The summed E-state index contributed by atoms with van der Waals surface area (Å²) in [5.74, 6) is -1.38. The minimum atomic E-state index is -1.86. The third-order valence-corrected chi connectivity index (χ3v) is 6.81. The van der Waals surface area contributed by atoms with Crippen LogP contribution in [0, 0.1) is 23.1 Å². The van der Waals surface area contributed by atoms with Gasteiger partial charge in [0.1, 0.15) is 11.6 Å². The van der Waals surface area contributed by atoms with Crippen LogP contribution >= 0.6 is 0 Å². The van der Waals surface area contributed by atoms with Crippen LogP contribution in [0.1, 0.15) is 51.2 Å². The van der Waals surface area contributed by atoms with E-state index in [4.69, 9.17) is 0 Å². The molecule has 2 aromatic rings. The highest BCUT2D eigenvalue weighted by molar-refractivity contribution is 6.09. The van der Waals surface area contributed by atoms with Gasteiger partial charge in [-0.2, -0.15) is 0 Å². The molecule has 0 bridgehead atoms. The fourth-order valence-corrected chi connectivity index (χ4v) is 4.94. The molecule has 158 valence electrons. The molecule has 0 aromatic heterocycles. The molecule has 5 heteroatoms. The Morgan fingerprint density at radius 1 is 1.10 bits per heavy atom. The van der Waals surface area contributed by atoms with E-state index >= 15 is 0 Å². The van der Waals surface area contributed by atoms with Crippen LogP contribution in [0.5, 0.6) is 0 Å². The average Bonchev–Trinajstić information content (AvgIpc) is 2.92. The molecule has 1 N–H and O–H groups in total. The monoisotopic (exact) mass is 409 g/mol. The van der Waals surface area contributed by atoms with Gasteiger partial charge in [0.15, 0.2) is 5.60 Å². The topological polar surface area (TPSA) is 57.6 Å². The number of carbonyl (C=O) groups is 2. The van der Waals surface area contributed by atoms with Crippen molar-refractivity contribution in [2.24, 2.45) is 17.3 Å². The summed E-state index contributed by atoms with van der Waals surface area (Å²) in [4.78, 5) is 28.1. The molecule has 1 heterocycles. The summed E-state index contributed by atoms with van der Waals surface area (Å²) >= 11 is 0. The van der Waals surface area contributed by atoms with Crippen molar-refractivity contribution in [2.45, 2.75) is 52.2 Å². The SMILES string of the molecule is CC(C)(C)[C@@H]1CCC(=O)[C@H]([C@@]2(O)C(=O)N(Cc3ccc(F)cc3)c3ccccc32)C1. The lowest BCUT2D eigenvalue weighted by Crippen LogP contribution is -2.51. The normalized spacial score (nSPS) is 26.8. The highest BCUT2D eigenvalue weighted by Crippen LogP contribution is 2.51. The zero-order valence-electron chi connectivity index (χ0n) is 17.7. The number of anilines is 1. The van der Waals surface area contributed by atoms with Gasteiger partial charge < -0.3 is 10.0 Å². The fourth-order valence-electron chi connectivity index (χ4n) is 4.94. The largest absolute Gasteiger partial charge is 0.375 e. The molecule has 1 saturated carbocycles. The van der Waals surface area contributed by atoms with E-state index in [-0.39, 0.29) is 29.5 Å². The molecule has 3 atom stereocenters. The third-order valence-electron chi connectivity index (χ3n) is 6.81. The van der Waals surface area contributed by atoms with E-state index in [1.807, 2.05) is 6.07 Å². The van der Waals surface area contributed by atoms with E-state index in [0.29, 0.717) is 24.1 Å². The Morgan fingerprint density at radius 3 is 2.43 bits per heavy atom. The lowest BCUT2D eigenvalue weighted by atomic mass is 9.63. The first-order chi connectivity index (χ1) is 14.1. The number of para-hydroxylation sites is 1. The molecule has 2 aromatic carbocycles. The van der Waals surface area contributed by atoms with Gasteiger partial charge >= 0.3 is 0 Å². The van der Waals surface area contributed by atoms with Gasteiger partial charge in [0, 0.05) is 12.0 Å². The van der Waals surface area contributed by atoms with Crippen molar-refractivity contribution in [3.05, 3.63) is 65.5 Å². The van der Waals surface area contributed by atoms with E-state index in [1.54, 1.807) is 30.3 Å². The number of aliphatic hydroxyl groups is 1. The summed E-state index contributed by atoms with van der Waals surface area (Å²) in [6.07, 6.45) is 1.65. The first-order valence-electron chi connectivity index (χ1n) is 10.5. The number of ketones is 1. The van der Waals surface area contributed by atoms with Gasteiger partial charge in [-0.15, -0.1) is 0 Å². The Bertz CT molecular complexity index is 979. The molecule has 1 aliphatic carbocycles. The molecule has 1 fully saturated rings. The number of rotatable bonds is 3. The molecule has 2 aliphatic rings. The number of Topliss-reactive ketones (excluding diaryl/α,β-unsaturated/α-hetero) is 1. The van der Waals surface area contributed by atoms with Crippen molar-refractivity contribution < 1.29 is 19.1 Å². The van der Waals surface area contributed by atoms with E-state index in [1.165, 1.54) is 17.0 Å². The molecular formula is C25H28FNO3. The van der Waals surface area contributed by atoms with Crippen molar-refractivity contribution in [1.82, 2.24) is 0 Å². The van der Waals surface area contributed by atoms with E-state index in [9.17, 15) is 19.1 Å². The summed E-state index contributed by atoms with van der Waals surface area (Å²) in [5, 5.41) is 11.8. The molecule has 30 heavy (non-hydrogen) atoms. The van der Waals surface area contributed by atoms with Crippen LogP contribution in [0.2, 0.25) is 0 Å². The van der Waals surface area contributed by atoms with Gasteiger partial charge in [-0.3, -0.25) is 9.59 Å². The molecule has 1 amide bonds. The number of amides is 1. The molecule has 4 nitrogen and oxygen atoms in total. The lowest BCUT2D eigenvalue weighted by molar-refractivity contribution is -0.154. The van der Waals surface area contributed by atoms with E-state index in [0.717, 1.165) is 12.0 Å². The smallest absolute Gasteiger partial charge is 0.264 e. The van der Waals surface area contributed by atoms with Crippen LogP contribution in [0.4, 0.5) is 10.1 Å². The fraction of sp³-hybridized carbons (Fsp3) is 0.440. The van der Waals surface area contributed by atoms with Crippen LogP contribution in [0.15, 0.2) is 48.5 Å². The molecule has 0 saturated heterocycles. The van der Waals surface area contributed by atoms with Crippen molar-refractivity contribution in [1.29, 1.82) is 0 Å². The number of fused-ring (bicyclic) bond motifs is 1. The van der Waals surface area contributed by atoms with Crippen molar-refractivity contribution in [3.63, 3.8) is 0 Å². The van der Waals surface area contributed by atoms with Gasteiger partial charge in [-0.1, -0.05) is 51.1 Å². The standard InChI is InChI=1S/C25H28FNO3/c1-24(2,3)17-10-13-22(28)20(14-17)25(30)19-6-4-5-7-21(19)27(23(25)29)15-16-8-11-18(26)12-9-16/h4-9,11-12,17,20,30H,10,13-15H2,1-3H3/t17-,20-,25-/m1/s1. The molecule has 0 unspecified atom stereocenters. The van der Waals surface area contributed by atoms with Crippen molar-refractivity contribution in [3.8, 4) is 0 Å². The average molecular weight is 410 g/mol. The highest BCUT2D eigenvalue weighted by atomic mass is 19.1. The summed E-state index contributed by atoms with van der Waals surface area (Å²) < 4.78 is 13.3. The van der Waals surface area contributed by atoms with E-state index < -0.39 is 17.4 Å². The summed E-state index contributed by atoms with van der Waals surface area (Å²) in [6, 6.07) is 13.1. The summed E-state index contributed by atoms with van der Waals surface area (Å²) in [5.41, 5.74) is -0.0154. The summed E-state index contributed by atoms with van der Waals surface area (Å²) in [6.45, 7) is 6.63. The maximum Gasteiger partial charge on any atom is 0.264 e. The number of halogens is 1. The second-order valence-electron chi connectivity index (χ2n) is 9.66. The molecule has 4 rings (SSSR count). The minimum Gasteiger partial charge on any atom is -0.375 e. The Hall–Kier alpha value is -2.53. The van der Waals surface area contributed by atoms with Crippen LogP contribution in [-0.4, -0.2) is 16.8 Å². The van der Waals surface area contributed by atoms with Gasteiger partial charge in [0.25, 0.3) is 5.91 Å². The number of hydrogen-bond donors (Lipinski definition) is 1. The van der Waals surface area contributed by atoms with Crippen molar-refractivity contribution in [2.75, 3.05) is 4.90 Å². The second-order valence-corrected chi connectivity index (χ2v) is 9.66. The van der Waals surface area contributed by atoms with Gasteiger partial charge in [0.05, 0.1) is 18.2 Å². The van der Waals surface area contributed by atoms with Crippen LogP contribution in [0.25, 0.3) is 0 Å². The highest BCUT2D eigenvalue weighted by Gasteiger charge is 2.58. The Labute approximate surface area is 176 Å². The Kier molecular flexibility index (Phi) is 5.05. The molecule has 1 aliphatic heterocycles. The number of nitrogens with zero attached hydrogens (tertiary/aromatic N) is 1. The van der Waals surface area contributed by atoms with E-state index in [2.05, 4.69) is 20.8 Å². The first kappa shape index (κ1) is 20.7. The van der Waals surface area contributed by atoms with Crippen LogP contribution < -0.4 is 4.90 Å². The Morgan fingerprint density at radius 2 is 1.77 bits per heavy atom. The third kappa shape index (κ3) is 3.35. The predicted octanol–water partition coefficient (Wildman–Crippen LogP) is 4.59. The zero-order chi connectivity index (χ0) is 21.7. The second kappa shape index (κ2) is 7.31. The molecular weight excluding hydrogens is 381 g/mol. The van der Waals surface area contributed by atoms with Gasteiger partial charge in [-0.05, 0) is 47.9 Å². The first-order valence-corrected chi connectivity index (χ1v) is 10.5. The lowest BCUT2D eigenvalue weighted by Gasteiger charge is -2.41. The molecule has 0 radical (unpaired) electrons. The van der Waals surface area contributed by atoms with Gasteiger partial charge in [-0.25, -0.2) is 4.39 Å². The maximum atomic E-state index is 13.6. The number of benzene rings is 2. The van der Waals surface area contributed by atoms with Crippen LogP contribution in [-0.2, 0) is 21.7 Å². The zero-order valence-corrected chi connectivity index (χ0v) is 17.7. The Balaban J connectivity index is 1.73. The predicted molar refractivity (Wildman–Crippen MR) is 113 cm³/mol. The number of carbonyl (C=O) groups excluding carboxylic acids is 2. The number of hydrogen-bond acceptors (Lipinski definition) is 3. The van der Waals surface area contributed by atoms with Crippen molar-refractivity contribution >= 4 is 17.4 Å². The quantitative estimate of drug-likeness (QED) is 0.807.